The first-order valence-corrected chi connectivity index (χ1v) is 3.93. The van der Waals surface area contributed by atoms with Crippen molar-refractivity contribution >= 4 is 17.6 Å². The Morgan fingerprint density at radius 3 is 2.27 bits per heavy atom. The lowest BCUT2D eigenvalue weighted by Gasteiger charge is -1.70. The summed E-state index contributed by atoms with van der Waals surface area (Å²) in [5, 5.41) is 17.1. The third-order valence-corrected chi connectivity index (χ3v) is 1.56. The van der Waals surface area contributed by atoms with Gasteiger partial charge in [0.1, 0.15) is 0 Å². The van der Waals surface area contributed by atoms with Gasteiger partial charge in [-0.05, 0) is 11.4 Å². The third-order valence-electron chi connectivity index (χ3n) is 0.759. The summed E-state index contributed by atoms with van der Waals surface area (Å²) in [6.45, 7) is -0.250. The first-order valence-electron chi connectivity index (χ1n) is 3.05. The summed E-state index contributed by atoms with van der Waals surface area (Å²) in [6.07, 6.45) is 0.852. The van der Waals surface area contributed by atoms with Gasteiger partial charge in [-0.25, -0.2) is 0 Å². The van der Waals surface area contributed by atoms with Gasteiger partial charge in [-0.1, -0.05) is 6.07 Å². The van der Waals surface area contributed by atoms with Gasteiger partial charge in [-0.15, -0.1) is 11.3 Å². The molecule has 0 aliphatic heterocycles. The number of carbonyl (C=O) groups is 1. The average Bonchev–Trinajstić information content (AvgIpc) is 2.56. The number of aliphatic hydroxyl groups is 2. The molecule has 0 bridgehead atoms. The quantitative estimate of drug-likeness (QED) is 0.643. The Morgan fingerprint density at radius 2 is 2.09 bits per heavy atom. The van der Waals surface area contributed by atoms with Crippen molar-refractivity contribution in [3.63, 3.8) is 0 Å². The van der Waals surface area contributed by atoms with Gasteiger partial charge in [0.05, 0.1) is 18.1 Å². The van der Waals surface area contributed by atoms with E-state index in [2.05, 4.69) is 0 Å². The lowest BCUT2D eigenvalue weighted by atomic mass is 10.5. The Labute approximate surface area is 68.9 Å². The minimum Gasteiger partial charge on any atom is -0.394 e. The van der Waals surface area contributed by atoms with E-state index in [9.17, 15) is 4.79 Å². The number of rotatable bonds is 2. The predicted octanol–water partition coefficient (Wildman–Crippen LogP) is 0.532. The van der Waals surface area contributed by atoms with Crippen LogP contribution in [0.1, 0.15) is 9.67 Å². The van der Waals surface area contributed by atoms with Crippen LogP contribution in [0.3, 0.4) is 0 Å². The van der Waals surface area contributed by atoms with Gasteiger partial charge < -0.3 is 10.2 Å². The van der Waals surface area contributed by atoms with Gasteiger partial charge >= 0.3 is 0 Å². The Bertz CT molecular complexity index is 170. The lowest BCUT2D eigenvalue weighted by molar-refractivity contribution is 0.112. The molecule has 0 unspecified atom stereocenters. The molecule has 1 heterocycles. The number of hydrogen-bond acceptors (Lipinski definition) is 4. The van der Waals surface area contributed by atoms with Crippen molar-refractivity contribution in [1.82, 2.24) is 0 Å². The SMILES string of the molecule is O=Cc1cccs1.OCCO. The molecule has 0 saturated carbocycles. The molecule has 62 valence electrons. The molecule has 0 saturated heterocycles. The minimum absolute atomic E-state index is 0.125. The number of aliphatic hydroxyl groups excluding tert-OH is 2. The van der Waals surface area contributed by atoms with Crippen molar-refractivity contribution in [3.8, 4) is 0 Å². The third kappa shape index (κ3) is 5.72. The maximum absolute atomic E-state index is 9.88. The van der Waals surface area contributed by atoms with E-state index in [0.717, 1.165) is 11.2 Å². The van der Waals surface area contributed by atoms with Crippen LogP contribution < -0.4 is 0 Å². The average molecular weight is 174 g/mol. The smallest absolute Gasteiger partial charge is 0.159 e. The second-order valence-corrected chi connectivity index (χ2v) is 2.56. The van der Waals surface area contributed by atoms with Crippen LogP contribution in [0.2, 0.25) is 0 Å². The Morgan fingerprint density at radius 1 is 1.45 bits per heavy atom. The molecule has 0 spiro atoms. The normalized spacial score (nSPS) is 8.18. The molecule has 0 atom stereocenters. The van der Waals surface area contributed by atoms with Crippen molar-refractivity contribution < 1.29 is 15.0 Å². The summed E-state index contributed by atoms with van der Waals surface area (Å²) < 4.78 is 0. The topological polar surface area (TPSA) is 57.5 Å². The maximum Gasteiger partial charge on any atom is 0.159 e. The summed E-state index contributed by atoms with van der Waals surface area (Å²) in [5.41, 5.74) is 0. The van der Waals surface area contributed by atoms with Crippen molar-refractivity contribution in [2.45, 2.75) is 0 Å². The molecule has 4 heteroatoms. The first kappa shape index (κ1) is 10.3. The molecule has 2 N–H and O–H groups in total. The van der Waals surface area contributed by atoms with Gasteiger partial charge in [0.2, 0.25) is 0 Å². The summed E-state index contributed by atoms with van der Waals surface area (Å²) in [5.74, 6) is 0. The highest BCUT2D eigenvalue weighted by Gasteiger charge is 1.82. The number of aldehydes is 1. The van der Waals surface area contributed by atoms with Crippen LogP contribution in [-0.2, 0) is 0 Å². The fourth-order valence-corrected chi connectivity index (χ4v) is 0.885. The molecule has 0 aliphatic carbocycles. The summed E-state index contributed by atoms with van der Waals surface area (Å²) in [7, 11) is 0. The molecule has 1 rings (SSSR count). The van der Waals surface area contributed by atoms with E-state index in [0.29, 0.717) is 0 Å². The maximum atomic E-state index is 9.88. The van der Waals surface area contributed by atoms with Gasteiger partial charge in [0, 0.05) is 0 Å². The molecular formula is C7H10O3S. The van der Waals surface area contributed by atoms with E-state index in [1.54, 1.807) is 6.07 Å². The summed E-state index contributed by atoms with van der Waals surface area (Å²) >= 11 is 1.45. The molecule has 11 heavy (non-hydrogen) atoms. The van der Waals surface area contributed by atoms with E-state index in [1.165, 1.54) is 11.3 Å². The van der Waals surface area contributed by atoms with Gasteiger partial charge in [0.25, 0.3) is 0 Å². The van der Waals surface area contributed by atoms with Crippen molar-refractivity contribution in [3.05, 3.63) is 22.4 Å². The Hall–Kier alpha value is -0.710. The van der Waals surface area contributed by atoms with Gasteiger partial charge in [0.15, 0.2) is 6.29 Å². The Balaban J connectivity index is 0.000000218. The standard InChI is InChI=1S/C5H4OS.C2H6O2/c6-4-5-2-1-3-7-5;3-1-2-4/h1-4H;3-4H,1-2H2. The molecule has 0 fully saturated rings. The van der Waals surface area contributed by atoms with E-state index in [1.807, 2.05) is 11.4 Å². The van der Waals surface area contributed by atoms with Crippen LogP contribution in [0.25, 0.3) is 0 Å². The molecule has 0 amide bonds. The monoisotopic (exact) mass is 174 g/mol. The second kappa shape index (κ2) is 7.40. The first-order chi connectivity index (χ1) is 5.35. The van der Waals surface area contributed by atoms with Crippen LogP contribution in [-0.4, -0.2) is 29.7 Å². The van der Waals surface area contributed by atoms with Crippen LogP contribution in [0.4, 0.5) is 0 Å². The van der Waals surface area contributed by atoms with Crippen LogP contribution >= 0.6 is 11.3 Å². The zero-order valence-electron chi connectivity index (χ0n) is 5.93. The van der Waals surface area contributed by atoms with Crippen molar-refractivity contribution in [2.24, 2.45) is 0 Å². The molecule has 0 aliphatic rings. The molecule has 1 aromatic heterocycles. The van der Waals surface area contributed by atoms with Crippen LogP contribution in [0, 0.1) is 0 Å². The van der Waals surface area contributed by atoms with Crippen molar-refractivity contribution in [1.29, 1.82) is 0 Å². The van der Waals surface area contributed by atoms with Crippen LogP contribution in [0.5, 0.6) is 0 Å². The highest BCUT2D eigenvalue weighted by molar-refractivity contribution is 7.11. The van der Waals surface area contributed by atoms with E-state index >= 15 is 0 Å². The molecular weight excluding hydrogens is 164 g/mol. The summed E-state index contributed by atoms with van der Waals surface area (Å²) in [4.78, 5) is 10.7. The van der Waals surface area contributed by atoms with E-state index in [-0.39, 0.29) is 13.2 Å². The largest absolute Gasteiger partial charge is 0.394 e. The zero-order chi connectivity index (χ0) is 8.53. The molecule has 0 aromatic carbocycles. The van der Waals surface area contributed by atoms with E-state index in [4.69, 9.17) is 10.2 Å². The highest BCUT2D eigenvalue weighted by atomic mass is 32.1. The van der Waals surface area contributed by atoms with Crippen molar-refractivity contribution in [2.75, 3.05) is 13.2 Å². The fourth-order valence-electron chi connectivity index (χ4n) is 0.358. The van der Waals surface area contributed by atoms with Gasteiger partial charge in [-0.3, -0.25) is 4.79 Å². The zero-order valence-corrected chi connectivity index (χ0v) is 6.75. The number of hydrogen-bond donors (Lipinski definition) is 2. The molecule has 0 radical (unpaired) electrons. The summed E-state index contributed by atoms with van der Waals surface area (Å²) in [6, 6.07) is 3.64. The second-order valence-electron chi connectivity index (χ2n) is 1.58. The van der Waals surface area contributed by atoms with Gasteiger partial charge in [-0.2, -0.15) is 0 Å². The Kier molecular flexibility index (Phi) is 6.92. The number of thiophene rings is 1. The minimum atomic E-state index is -0.125. The predicted molar refractivity (Wildman–Crippen MR) is 43.9 cm³/mol. The highest BCUT2D eigenvalue weighted by Crippen LogP contribution is 2.03. The molecule has 1 aromatic rings. The molecule has 3 nitrogen and oxygen atoms in total. The van der Waals surface area contributed by atoms with E-state index < -0.39 is 0 Å². The lowest BCUT2D eigenvalue weighted by Crippen LogP contribution is -1.85. The number of carbonyl (C=O) groups excluding carboxylic acids is 1. The van der Waals surface area contributed by atoms with Crippen LogP contribution in [0.15, 0.2) is 17.5 Å². The fraction of sp³-hybridized carbons (Fsp3) is 0.286.